The number of allylic oxidation sites excluding steroid dienone is 1. The van der Waals surface area contributed by atoms with Crippen LogP contribution in [0, 0.1) is 56.7 Å². The van der Waals surface area contributed by atoms with Crippen molar-refractivity contribution in [3.05, 3.63) is 24.0 Å². The van der Waals surface area contributed by atoms with Crippen LogP contribution in [0.3, 0.4) is 0 Å². The van der Waals surface area contributed by atoms with Crippen molar-refractivity contribution in [3.63, 3.8) is 0 Å². The number of fused-ring (bicyclic) bond motifs is 7. The largest absolute Gasteiger partial charge is 0.459 e. The predicted molar refractivity (Wildman–Crippen MR) is 184 cm³/mol. The van der Waals surface area contributed by atoms with Crippen LogP contribution in [0.25, 0.3) is 0 Å². The van der Waals surface area contributed by atoms with E-state index in [0.717, 1.165) is 51.2 Å². The number of hydrogen-bond donors (Lipinski definition) is 5. The lowest BCUT2D eigenvalue weighted by molar-refractivity contribution is -0.254. The number of aldehydes is 1. The number of aliphatic hydroxyl groups excluding tert-OH is 5. The Hall–Kier alpha value is -2.22. The lowest BCUT2D eigenvalue weighted by atomic mass is 9.32. The molecule has 0 amide bonds. The number of carbonyl (C=O) groups is 2. The molecule has 1 aliphatic heterocycles. The third-order valence-corrected chi connectivity index (χ3v) is 16.5. The fourth-order valence-corrected chi connectivity index (χ4v) is 13.5. The minimum absolute atomic E-state index is 0.0433. The summed E-state index contributed by atoms with van der Waals surface area (Å²) in [6.45, 7) is 15.5. The molecular formula is C39H59N3O9. The first-order chi connectivity index (χ1) is 24.0. The van der Waals surface area contributed by atoms with Crippen LogP contribution in [0.5, 0.6) is 0 Å². The van der Waals surface area contributed by atoms with Crippen LogP contribution in [-0.4, -0.2) is 89.9 Å². The Morgan fingerprint density at radius 1 is 0.941 bits per heavy atom. The van der Waals surface area contributed by atoms with Crippen molar-refractivity contribution in [2.24, 2.45) is 56.7 Å². The van der Waals surface area contributed by atoms with Gasteiger partial charge in [0.05, 0.1) is 24.3 Å². The standard InChI is InChI=1S/C39H59N3O9/c1-21(18-43)23-9-14-39(34(49)50-20-22-17-42(41-40-22)33-32(48)31(47)30(46)25(19-44)51-33)16-15-37(5)24(29(23)39)7-8-27-36(4)12-11-28(45)35(2,3)26(36)10-13-38(27,37)6/h17-18,23-33,44-48H,1,7-16,19-20H2,2-6H3/t23-,24+,25+,26-,27+,28-,29+,30+,31-,32+,33-,36-,37+,38+,39-/m0/s1. The van der Waals surface area contributed by atoms with E-state index in [4.69, 9.17) is 9.47 Å². The average molecular weight is 714 g/mol. The monoisotopic (exact) mass is 713 g/mol. The highest BCUT2D eigenvalue weighted by Gasteiger charge is 2.72. The second-order valence-corrected chi connectivity index (χ2v) is 18.5. The number of hydrogen-bond acceptors (Lipinski definition) is 11. The molecule has 15 atom stereocenters. The number of aromatic nitrogens is 3. The second-order valence-electron chi connectivity index (χ2n) is 18.5. The summed E-state index contributed by atoms with van der Waals surface area (Å²) >= 11 is 0. The smallest absolute Gasteiger partial charge is 0.312 e. The summed E-state index contributed by atoms with van der Waals surface area (Å²) in [7, 11) is 0. The zero-order valence-electron chi connectivity index (χ0n) is 30.9. The molecule has 0 radical (unpaired) electrons. The third-order valence-electron chi connectivity index (χ3n) is 16.5. The second kappa shape index (κ2) is 12.7. The minimum Gasteiger partial charge on any atom is -0.459 e. The van der Waals surface area contributed by atoms with E-state index in [1.807, 2.05) is 0 Å². The Morgan fingerprint density at radius 2 is 1.69 bits per heavy atom. The molecule has 51 heavy (non-hydrogen) atoms. The van der Waals surface area contributed by atoms with E-state index in [2.05, 4.69) is 51.5 Å². The lowest BCUT2D eigenvalue weighted by Gasteiger charge is -2.72. The van der Waals surface area contributed by atoms with Gasteiger partial charge in [0, 0.05) is 0 Å². The highest BCUT2D eigenvalue weighted by atomic mass is 16.6. The van der Waals surface area contributed by atoms with Gasteiger partial charge in [-0.2, -0.15) is 0 Å². The zero-order valence-corrected chi connectivity index (χ0v) is 30.9. The fourth-order valence-electron chi connectivity index (χ4n) is 13.5. The molecule has 6 fully saturated rings. The summed E-state index contributed by atoms with van der Waals surface area (Å²) in [5.74, 6) is 0.735. The molecule has 1 saturated heterocycles. The van der Waals surface area contributed by atoms with E-state index in [0.29, 0.717) is 42.4 Å². The van der Waals surface area contributed by atoms with E-state index in [1.54, 1.807) is 0 Å². The van der Waals surface area contributed by atoms with Crippen LogP contribution in [0.2, 0.25) is 0 Å². The first-order valence-corrected chi connectivity index (χ1v) is 19.2. The third kappa shape index (κ3) is 5.20. The van der Waals surface area contributed by atoms with Crippen molar-refractivity contribution in [2.45, 2.75) is 142 Å². The van der Waals surface area contributed by atoms with Crippen molar-refractivity contribution in [2.75, 3.05) is 6.61 Å². The van der Waals surface area contributed by atoms with Crippen LogP contribution in [0.4, 0.5) is 0 Å². The van der Waals surface area contributed by atoms with Crippen LogP contribution in [0.15, 0.2) is 18.3 Å². The number of rotatable bonds is 7. The normalized spacial score (nSPS) is 48.8. The number of carbonyl (C=O) groups excluding carboxylic acids is 2. The summed E-state index contributed by atoms with van der Waals surface area (Å²) in [5.41, 5.74) is 0.135. The van der Waals surface area contributed by atoms with Crippen molar-refractivity contribution in [1.29, 1.82) is 0 Å². The molecule has 0 spiro atoms. The van der Waals surface area contributed by atoms with Gasteiger partial charge in [-0.15, -0.1) is 5.10 Å². The van der Waals surface area contributed by atoms with Gasteiger partial charge in [0.25, 0.3) is 0 Å². The van der Waals surface area contributed by atoms with Crippen LogP contribution in [-0.2, 0) is 25.7 Å². The van der Waals surface area contributed by atoms with Crippen molar-refractivity contribution < 1.29 is 44.6 Å². The highest BCUT2D eigenvalue weighted by Crippen LogP contribution is 2.77. The van der Waals surface area contributed by atoms with Crippen LogP contribution < -0.4 is 0 Å². The van der Waals surface area contributed by atoms with Crippen molar-refractivity contribution in [1.82, 2.24) is 15.0 Å². The first-order valence-electron chi connectivity index (χ1n) is 19.2. The molecule has 5 aliphatic carbocycles. The van der Waals surface area contributed by atoms with Crippen LogP contribution >= 0.6 is 0 Å². The zero-order chi connectivity index (χ0) is 36.9. The van der Waals surface area contributed by atoms with E-state index in [9.17, 15) is 35.1 Å². The molecule has 1 aromatic heterocycles. The van der Waals surface area contributed by atoms with Gasteiger partial charge in [-0.1, -0.05) is 46.4 Å². The molecule has 5 saturated carbocycles. The first kappa shape index (κ1) is 37.1. The molecule has 6 aliphatic rings. The Bertz CT molecular complexity index is 1530. The van der Waals surface area contributed by atoms with Gasteiger partial charge in [0.15, 0.2) is 6.23 Å². The SMILES string of the molecule is C=C(C=O)[C@@H]1CC[C@]2(C(=O)OCc3cn([C@H]4O[C@H](CO)[C@@H](O)[C@H](O)[C@H]4O)nn3)CC[C@]3(C)[C@H](CC[C@@H]4[C@@]5(C)CC[C@H](O)C(C)(C)[C@@H]5CC[C@]43C)[C@@H]12. The summed E-state index contributed by atoms with van der Waals surface area (Å²) in [6, 6.07) is 0. The van der Waals surface area contributed by atoms with E-state index in [-0.39, 0.29) is 58.1 Å². The molecule has 12 heteroatoms. The Balaban J connectivity index is 1.13. The maximum Gasteiger partial charge on any atom is 0.312 e. The van der Waals surface area contributed by atoms with Gasteiger partial charge in [-0.25, -0.2) is 4.68 Å². The molecule has 12 nitrogen and oxygen atoms in total. The maximum absolute atomic E-state index is 14.5. The Labute approximate surface area is 301 Å². The predicted octanol–water partition coefficient (Wildman–Crippen LogP) is 3.49. The molecule has 1 aromatic rings. The minimum atomic E-state index is -1.56. The fraction of sp³-hybridized carbons (Fsp3) is 0.846. The molecule has 0 aromatic carbocycles. The molecule has 0 bridgehead atoms. The Morgan fingerprint density at radius 3 is 2.39 bits per heavy atom. The molecule has 7 rings (SSSR count). The molecule has 2 heterocycles. The quantitative estimate of drug-likeness (QED) is 0.158. The Kier molecular flexibility index (Phi) is 9.23. The van der Waals surface area contributed by atoms with E-state index in [1.165, 1.54) is 10.9 Å². The van der Waals surface area contributed by atoms with Gasteiger partial charge < -0.3 is 35.0 Å². The van der Waals surface area contributed by atoms with Gasteiger partial charge in [0.1, 0.15) is 43.0 Å². The van der Waals surface area contributed by atoms with Gasteiger partial charge in [-0.3, -0.25) is 9.59 Å². The van der Waals surface area contributed by atoms with Gasteiger partial charge >= 0.3 is 5.97 Å². The summed E-state index contributed by atoms with van der Waals surface area (Å²) in [5, 5.41) is 59.7. The van der Waals surface area contributed by atoms with Gasteiger partial charge in [-0.05, 0) is 121 Å². The summed E-state index contributed by atoms with van der Waals surface area (Å²) in [6.07, 6.45) is 4.19. The number of ether oxygens (including phenoxy) is 2. The average Bonchev–Trinajstić information content (AvgIpc) is 3.74. The van der Waals surface area contributed by atoms with Crippen LogP contribution in [0.1, 0.15) is 111 Å². The van der Waals surface area contributed by atoms with Crippen molar-refractivity contribution in [3.8, 4) is 0 Å². The number of nitrogens with zero attached hydrogens (tertiary/aromatic N) is 3. The maximum atomic E-state index is 14.5. The summed E-state index contributed by atoms with van der Waals surface area (Å²) in [4.78, 5) is 26.7. The lowest BCUT2D eigenvalue weighted by Crippen LogP contribution is -2.67. The summed E-state index contributed by atoms with van der Waals surface area (Å²) < 4.78 is 12.9. The molecule has 284 valence electrons. The highest BCUT2D eigenvalue weighted by molar-refractivity contribution is 5.80. The molecular weight excluding hydrogens is 654 g/mol. The van der Waals surface area contributed by atoms with E-state index >= 15 is 0 Å². The van der Waals surface area contributed by atoms with Crippen molar-refractivity contribution >= 4 is 12.3 Å². The van der Waals surface area contributed by atoms with Gasteiger partial charge in [0.2, 0.25) is 0 Å². The number of aliphatic hydroxyl groups is 5. The topological polar surface area (TPSA) is 184 Å². The molecule has 5 N–H and O–H groups in total. The van der Waals surface area contributed by atoms with E-state index < -0.39 is 42.7 Å². The number of esters is 1. The molecule has 0 unspecified atom stereocenters.